The Morgan fingerprint density at radius 2 is 2.12 bits per heavy atom. The second-order valence-corrected chi connectivity index (χ2v) is 4.31. The summed E-state index contributed by atoms with van der Waals surface area (Å²) in [7, 11) is 1.71. The van der Waals surface area contributed by atoms with E-state index in [2.05, 4.69) is 38.2 Å². The standard InChI is InChI=1S/C15H23NO/c1-5-10-16-13(3)12(2)11-14-8-6-7-9-15(14)17-4/h6-9,11,13,16H,5,10H2,1-4H3/b12-11+. The molecule has 17 heavy (non-hydrogen) atoms. The summed E-state index contributed by atoms with van der Waals surface area (Å²) < 4.78 is 5.34. The minimum Gasteiger partial charge on any atom is -0.496 e. The zero-order valence-electron chi connectivity index (χ0n) is 11.3. The van der Waals surface area contributed by atoms with Gasteiger partial charge >= 0.3 is 0 Å². The van der Waals surface area contributed by atoms with Crippen LogP contribution in [0.25, 0.3) is 6.08 Å². The third-order valence-corrected chi connectivity index (χ3v) is 2.91. The fraction of sp³-hybridized carbons (Fsp3) is 0.467. The summed E-state index contributed by atoms with van der Waals surface area (Å²) >= 11 is 0. The molecule has 0 saturated carbocycles. The smallest absolute Gasteiger partial charge is 0.126 e. The molecule has 0 aromatic heterocycles. The maximum Gasteiger partial charge on any atom is 0.126 e. The van der Waals surface area contributed by atoms with Crippen molar-refractivity contribution in [2.24, 2.45) is 0 Å². The van der Waals surface area contributed by atoms with Crippen LogP contribution in [0.4, 0.5) is 0 Å². The number of para-hydroxylation sites is 1. The summed E-state index contributed by atoms with van der Waals surface area (Å²) in [5, 5.41) is 3.48. The third-order valence-electron chi connectivity index (χ3n) is 2.91. The average molecular weight is 233 g/mol. The van der Waals surface area contributed by atoms with Gasteiger partial charge in [-0.15, -0.1) is 0 Å². The quantitative estimate of drug-likeness (QED) is 0.812. The Morgan fingerprint density at radius 1 is 1.41 bits per heavy atom. The molecular weight excluding hydrogens is 210 g/mol. The predicted molar refractivity (Wildman–Crippen MR) is 74.4 cm³/mol. The van der Waals surface area contributed by atoms with Crippen molar-refractivity contribution >= 4 is 6.08 Å². The molecule has 0 radical (unpaired) electrons. The summed E-state index contributed by atoms with van der Waals surface area (Å²) in [5.74, 6) is 0.926. The normalized spacial score (nSPS) is 13.5. The van der Waals surface area contributed by atoms with Gasteiger partial charge in [0, 0.05) is 11.6 Å². The Bertz CT molecular complexity index is 371. The van der Waals surface area contributed by atoms with Crippen LogP contribution >= 0.6 is 0 Å². The van der Waals surface area contributed by atoms with Crippen molar-refractivity contribution in [2.75, 3.05) is 13.7 Å². The highest BCUT2D eigenvalue weighted by atomic mass is 16.5. The van der Waals surface area contributed by atoms with Crippen LogP contribution < -0.4 is 10.1 Å². The second-order valence-electron chi connectivity index (χ2n) is 4.31. The van der Waals surface area contributed by atoms with Gasteiger partial charge in [0.1, 0.15) is 5.75 Å². The molecule has 1 unspecified atom stereocenters. The first-order chi connectivity index (χ1) is 8.19. The number of ether oxygens (including phenoxy) is 1. The van der Waals surface area contributed by atoms with Crippen LogP contribution in [0.2, 0.25) is 0 Å². The highest BCUT2D eigenvalue weighted by Gasteiger charge is 2.04. The number of rotatable bonds is 6. The van der Waals surface area contributed by atoms with Crippen LogP contribution in [-0.4, -0.2) is 19.7 Å². The van der Waals surface area contributed by atoms with E-state index in [9.17, 15) is 0 Å². The first-order valence-electron chi connectivity index (χ1n) is 6.23. The molecule has 1 rings (SSSR count). The molecule has 0 aliphatic heterocycles. The van der Waals surface area contributed by atoms with E-state index in [0.717, 1.165) is 24.3 Å². The lowest BCUT2D eigenvalue weighted by molar-refractivity contribution is 0.414. The van der Waals surface area contributed by atoms with Crippen molar-refractivity contribution in [3.8, 4) is 5.75 Å². The molecule has 0 aliphatic carbocycles. The SMILES string of the molecule is CCCNC(C)/C(C)=C/c1ccccc1OC. The number of hydrogen-bond donors (Lipinski definition) is 1. The van der Waals surface area contributed by atoms with Gasteiger partial charge in [-0.1, -0.05) is 36.8 Å². The van der Waals surface area contributed by atoms with E-state index in [-0.39, 0.29) is 0 Å². The fourth-order valence-corrected chi connectivity index (χ4v) is 1.68. The van der Waals surface area contributed by atoms with Gasteiger partial charge in [-0.3, -0.25) is 0 Å². The molecule has 0 amide bonds. The molecule has 0 bridgehead atoms. The maximum atomic E-state index is 5.34. The Balaban J connectivity index is 2.79. The van der Waals surface area contributed by atoms with Gasteiger partial charge in [-0.2, -0.15) is 0 Å². The Morgan fingerprint density at radius 3 is 2.76 bits per heavy atom. The summed E-state index contributed by atoms with van der Waals surface area (Å²) in [6.45, 7) is 7.58. The van der Waals surface area contributed by atoms with Crippen molar-refractivity contribution in [2.45, 2.75) is 33.2 Å². The van der Waals surface area contributed by atoms with Crippen molar-refractivity contribution < 1.29 is 4.74 Å². The van der Waals surface area contributed by atoms with Crippen molar-refractivity contribution in [1.29, 1.82) is 0 Å². The predicted octanol–water partition coefficient (Wildman–Crippen LogP) is 3.49. The molecular formula is C15H23NO. The molecule has 0 aliphatic rings. The summed E-state index contributed by atoms with van der Waals surface area (Å²) in [5.41, 5.74) is 2.46. The lowest BCUT2D eigenvalue weighted by Crippen LogP contribution is -2.27. The molecule has 1 aromatic carbocycles. The minimum atomic E-state index is 0.403. The topological polar surface area (TPSA) is 21.3 Å². The van der Waals surface area contributed by atoms with Crippen molar-refractivity contribution in [1.82, 2.24) is 5.32 Å². The van der Waals surface area contributed by atoms with Gasteiger partial charge in [-0.25, -0.2) is 0 Å². The van der Waals surface area contributed by atoms with Gasteiger partial charge < -0.3 is 10.1 Å². The van der Waals surface area contributed by atoms with Gasteiger partial charge in [0.25, 0.3) is 0 Å². The zero-order chi connectivity index (χ0) is 12.7. The van der Waals surface area contributed by atoms with Crippen LogP contribution in [0.1, 0.15) is 32.8 Å². The first-order valence-corrected chi connectivity index (χ1v) is 6.23. The highest BCUT2D eigenvalue weighted by Crippen LogP contribution is 2.21. The van der Waals surface area contributed by atoms with Crippen LogP contribution in [0.15, 0.2) is 29.8 Å². The van der Waals surface area contributed by atoms with E-state index in [4.69, 9.17) is 4.74 Å². The van der Waals surface area contributed by atoms with Gasteiger partial charge in [0.15, 0.2) is 0 Å². The summed E-state index contributed by atoms with van der Waals surface area (Å²) in [4.78, 5) is 0. The van der Waals surface area contributed by atoms with E-state index < -0.39 is 0 Å². The van der Waals surface area contributed by atoms with Crippen LogP contribution in [0, 0.1) is 0 Å². The van der Waals surface area contributed by atoms with E-state index in [1.54, 1.807) is 7.11 Å². The Labute approximate surface area is 105 Å². The van der Waals surface area contributed by atoms with Gasteiger partial charge in [0.05, 0.1) is 7.11 Å². The minimum absolute atomic E-state index is 0.403. The zero-order valence-corrected chi connectivity index (χ0v) is 11.3. The molecule has 0 fully saturated rings. The van der Waals surface area contributed by atoms with Gasteiger partial charge in [-0.05, 0) is 32.9 Å². The number of hydrogen-bond acceptors (Lipinski definition) is 2. The average Bonchev–Trinajstić information content (AvgIpc) is 2.36. The van der Waals surface area contributed by atoms with Gasteiger partial charge in [0.2, 0.25) is 0 Å². The van der Waals surface area contributed by atoms with Crippen molar-refractivity contribution in [3.05, 3.63) is 35.4 Å². The monoisotopic (exact) mass is 233 g/mol. The number of nitrogens with one attached hydrogen (secondary N) is 1. The van der Waals surface area contributed by atoms with E-state index in [0.29, 0.717) is 6.04 Å². The third kappa shape index (κ3) is 4.23. The second kappa shape index (κ2) is 7.13. The largest absolute Gasteiger partial charge is 0.496 e. The first kappa shape index (κ1) is 13.8. The summed E-state index contributed by atoms with van der Waals surface area (Å²) in [6, 6.07) is 8.49. The molecule has 1 aromatic rings. The van der Waals surface area contributed by atoms with Crippen molar-refractivity contribution in [3.63, 3.8) is 0 Å². The Kier molecular flexibility index (Phi) is 5.78. The van der Waals surface area contributed by atoms with E-state index >= 15 is 0 Å². The van der Waals surface area contributed by atoms with E-state index in [1.807, 2.05) is 18.2 Å². The maximum absolute atomic E-state index is 5.34. The molecule has 2 heteroatoms. The number of methoxy groups -OCH3 is 1. The molecule has 0 spiro atoms. The van der Waals surface area contributed by atoms with E-state index in [1.165, 1.54) is 5.57 Å². The molecule has 1 atom stereocenters. The lowest BCUT2D eigenvalue weighted by Gasteiger charge is -2.14. The number of benzene rings is 1. The highest BCUT2D eigenvalue weighted by molar-refractivity contribution is 5.60. The Hall–Kier alpha value is -1.28. The van der Waals surface area contributed by atoms with Crippen LogP contribution in [0.3, 0.4) is 0 Å². The van der Waals surface area contributed by atoms with Crippen LogP contribution in [0.5, 0.6) is 5.75 Å². The lowest BCUT2D eigenvalue weighted by atomic mass is 10.1. The summed E-state index contributed by atoms with van der Waals surface area (Å²) in [6.07, 6.45) is 3.35. The molecule has 0 heterocycles. The molecule has 94 valence electrons. The fourth-order valence-electron chi connectivity index (χ4n) is 1.68. The molecule has 1 N–H and O–H groups in total. The molecule has 0 saturated heterocycles. The molecule has 2 nitrogen and oxygen atoms in total. The van der Waals surface area contributed by atoms with Crippen LogP contribution in [-0.2, 0) is 0 Å².